The van der Waals surface area contributed by atoms with E-state index in [-0.39, 0.29) is 11.9 Å². The first-order valence-electron chi connectivity index (χ1n) is 8.00. The van der Waals surface area contributed by atoms with Gasteiger partial charge >= 0.3 is 0 Å². The lowest BCUT2D eigenvalue weighted by Gasteiger charge is -2.24. The van der Waals surface area contributed by atoms with Crippen molar-refractivity contribution in [3.63, 3.8) is 0 Å². The third kappa shape index (κ3) is 4.10. The maximum atomic E-state index is 13.1. The molecule has 6 heteroatoms. The quantitative estimate of drug-likeness (QED) is 0.660. The van der Waals surface area contributed by atoms with Crippen molar-refractivity contribution in [3.05, 3.63) is 57.0 Å². The maximum Gasteiger partial charge on any atom is 0.255 e. The first-order valence-corrected chi connectivity index (χ1v) is 9.17. The molecule has 0 saturated heterocycles. The summed E-state index contributed by atoms with van der Waals surface area (Å²) in [6, 6.07) is 11.2. The summed E-state index contributed by atoms with van der Waals surface area (Å²) in [5.41, 5.74) is 1.41. The number of carbonyl (C=O) groups excluding carboxylic acids is 1. The van der Waals surface area contributed by atoms with Gasteiger partial charge in [-0.05, 0) is 49.2 Å². The maximum absolute atomic E-state index is 13.1. The lowest BCUT2D eigenvalue weighted by Crippen LogP contribution is -2.33. The summed E-state index contributed by atoms with van der Waals surface area (Å²) < 4.78 is 11.6. The Bertz CT molecular complexity index is 792. The van der Waals surface area contributed by atoms with E-state index < -0.39 is 0 Å². The van der Waals surface area contributed by atoms with Gasteiger partial charge in [-0.15, -0.1) is 0 Å². The lowest BCUT2D eigenvalue weighted by molar-refractivity contribution is 0.0728. The molecule has 0 heterocycles. The van der Waals surface area contributed by atoms with Crippen LogP contribution in [0.5, 0.6) is 11.5 Å². The van der Waals surface area contributed by atoms with E-state index >= 15 is 0 Å². The number of hydrogen-bond donors (Lipinski definition) is 0. The molecule has 0 unspecified atom stereocenters. The molecule has 1 aliphatic rings. The largest absolute Gasteiger partial charge is 0.497 e. The predicted molar refractivity (Wildman–Crippen MR) is 102 cm³/mol. The molecule has 0 spiro atoms. The Hall–Kier alpha value is -1.72. The second-order valence-corrected chi connectivity index (χ2v) is 7.29. The molecule has 0 bridgehead atoms. The fourth-order valence-electron chi connectivity index (χ4n) is 2.76. The van der Waals surface area contributed by atoms with Gasteiger partial charge in [0, 0.05) is 16.1 Å². The number of hydrogen-bond acceptors (Lipinski definition) is 3. The predicted octanol–water partition coefficient (Wildman–Crippen LogP) is 4.92. The summed E-state index contributed by atoms with van der Waals surface area (Å²) in [7, 11) is 3.25. The summed E-state index contributed by atoms with van der Waals surface area (Å²) in [6.07, 6.45) is 2.01. The van der Waals surface area contributed by atoms with Crippen LogP contribution in [0.4, 0.5) is 0 Å². The average molecular weight is 425 g/mol. The minimum Gasteiger partial charge on any atom is -0.497 e. The van der Waals surface area contributed by atoms with Crippen molar-refractivity contribution < 1.29 is 14.3 Å². The number of methoxy groups -OCH3 is 2. The highest BCUT2D eigenvalue weighted by Gasteiger charge is 2.34. The van der Waals surface area contributed by atoms with Crippen LogP contribution in [0.2, 0.25) is 5.02 Å². The zero-order valence-corrected chi connectivity index (χ0v) is 16.4. The van der Waals surface area contributed by atoms with Gasteiger partial charge in [0.15, 0.2) is 0 Å². The first kappa shape index (κ1) is 18.1. The van der Waals surface area contributed by atoms with Crippen LogP contribution in [-0.2, 0) is 6.54 Å². The third-order valence-corrected chi connectivity index (χ3v) is 5.06. The van der Waals surface area contributed by atoms with Gasteiger partial charge in [0.05, 0.1) is 31.4 Å². The van der Waals surface area contributed by atoms with Gasteiger partial charge in [0.2, 0.25) is 0 Å². The molecule has 1 fully saturated rings. The van der Waals surface area contributed by atoms with E-state index in [9.17, 15) is 4.79 Å². The van der Waals surface area contributed by atoms with Crippen LogP contribution < -0.4 is 9.47 Å². The van der Waals surface area contributed by atoms with Gasteiger partial charge in [0.1, 0.15) is 11.5 Å². The Morgan fingerprint density at radius 2 is 1.96 bits per heavy atom. The highest BCUT2D eigenvalue weighted by molar-refractivity contribution is 9.10. The van der Waals surface area contributed by atoms with Crippen LogP contribution in [0.3, 0.4) is 0 Å². The van der Waals surface area contributed by atoms with Crippen molar-refractivity contribution in [3.8, 4) is 11.5 Å². The van der Waals surface area contributed by atoms with Crippen molar-refractivity contribution in [1.29, 1.82) is 0 Å². The minimum absolute atomic E-state index is 0.0707. The molecule has 2 aromatic carbocycles. The molecular formula is C19H19BrClNO3. The summed E-state index contributed by atoms with van der Waals surface area (Å²) in [6.45, 7) is 0.451. The van der Waals surface area contributed by atoms with E-state index in [1.807, 2.05) is 29.2 Å². The monoisotopic (exact) mass is 423 g/mol. The van der Waals surface area contributed by atoms with Crippen molar-refractivity contribution in [2.75, 3.05) is 14.2 Å². The van der Waals surface area contributed by atoms with Crippen LogP contribution >= 0.6 is 27.5 Å². The van der Waals surface area contributed by atoms with Crippen molar-refractivity contribution >= 4 is 33.4 Å². The van der Waals surface area contributed by atoms with Gasteiger partial charge in [-0.3, -0.25) is 4.79 Å². The van der Waals surface area contributed by atoms with E-state index in [1.165, 1.54) is 0 Å². The molecule has 25 heavy (non-hydrogen) atoms. The fourth-order valence-corrected chi connectivity index (χ4v) is 3.32. The zero-order valence-electron chi connectivity index (χ0n) is 14.1. The van der Waals surface area contributed by atoms with Crippen molar-refractivity contribution in [2.24, 2.45) is 0 Å². The van der Waals surface area contributed by atoms with Gasteiger partial charge in [-0.1, -0.05) is 27.5 Å². The summed E-state index contributed by atoms with van der Waals surface area (Å²) in [5, 5.41) is 0.455. The zero-order chi connectivity index (χ0) is 18.0. The minimum atomic E-state index is -0.0707. The molecule has 0 aliphatic heterocycles. The number of halogens is 2. The topological polar surface area (TPSA) is 38.8 Å². The number of rotatable bonds is 6. The Kier molecular flexibility index (Phi) is 5.54. The van der Waals surface area contributed by atoms with Gasteiger partial charge in [-0.25, -0.2) is 0 Å². The first-order chi connectivity index (χ1) is 12.0. The molecule has 0 radical (unpaired) electrons. The molecule has 1 saturated carbocycles. The van der Waals surface area contributed by atoms with E-state index in [0.717, 1.165) is 34.4 Å². The Labute approximate surface area is 160 Å². The lowest BCUT2D eigenvalue weighted by atomic mass is 10.1. The summed E-state index contributed by atoms with van der Waals surface area (Å²) in [5.74, 6) is 1.40. The van der Waals surface area contributed by atoms with Gasteiger partial charge in [0.25, 0.3) is 5.91 Å². The molecule has 0 atom stereocenters. The molecule has 0 aromatic heterocycles. The highest BCUT2D eigenvalue weighted by Crippen LogP contribution is 2.34. The molecule has 3 rings (SSSR count). The van der Waals surface area contributed by atoms with Gasteiger partial charge in [-0.2, -0.15) is 0 Å². The average Bonchev–Trinajstić information content (AvgIpc) is 3.45. The number of carbonyl (C=O) groups is 1. The molecular weight excluding hydrogens is 406 g/mol. The van der Waals surface area contributed by atoms with Crippen LogP contribution in [0.1, 0.15) is 28.8 Å². The third-order valence-electron chi connectivity index (χ3n) is 4.24. The Balaban J connectivity index is 1.92. The van der Waals surface area contributed by atoms with Crippen molar-refractivity contribution in [1.82, 2.24) is 4.90 Å². The second kappa shape index (κ2) is 7.67. The number of amides is 1. The second-order valence-electron chi connectivity index (χ2n) is 5.97. The van der Waals surface area contributed by atoms with Crippen LogP contribution in [0, 0.1) is 0 Å². The summed E-state index contributed by atoms with van der Waals surface area (Å²) in [4.78, 5) is 15.0. The molecule has 2 aromatic rings. The SMILES string of the molecule is COc1ccc(OC)c(CN(C(=O)c2cc(Br)ccc2Cl)C2CC2)c1. The number of nitrogens with zero attached hydrogens (tertiary/aromatic N) is 1. The molecule has 1 amide bonds. The van der Waals surface area contributed by atoms with E-state index in [1.54, 1.807) is 26.4 Å². The number of benzene rings is 2. The Morgan fingerprint density at radius 3 is 2.60 bits per heavy atom. The normalized spacial score (nSPS) is 13.4. The molecule has 0 N–H and O–H groups in total. The summed E-state index contributed by atoms with van der Waals surface area (Å²) >= 11 is 9.67. The van der Waals surface area contributed by atoms with Crippen molar-refractivity contribution in [2.45, 2.75) is 25.4 Å². The van der Waals surface area contributed by atoms with Crippen LogP contribution in [0.15, 0.2) is 40.9 Å². The highest BCUT2D eigenvalue weighted by atomic mass is 79.9. The number of ether oxygens (including phenoxy) is 2. The van der Waals surface area contributed by atoms with Gasteiger partial charge < -0.3 is 14.4 Å². The van der Waals surface area contributed by atoms with E-state index in [4.69, 9.17) is 21.1 Å². The molecule has 4 nitrogen and oxygen atoms in total. The molecule has 1 aliphatic carbocycles. The Morgan fingerprint density at radius 1 is 1.20 bits per heavy atom. The van der Waals surface area contributed by atoms with Crippen LogP contribution in [0.25, 0.3) is 0 Å². The smallest absolute Gasteiger partial charge is 0.255 e. The molecule has 132 valence electrons. The van der Waals surface area contributed by atoms with E-state index in [2.05, 4.69) is 15.9 Å². The van der Waals surface area contributed by atoms with E-state index in [0.29, 0.717) is 17.1 Å². The fraction of sp³-hybridized carbons (Fsp3) is 0.316. The standard InChI is InChI=1S/C19H19BrClNO3/c1-24-15-6-8-18(25-2)12(9-15)11-22(14-4-5-14)19(23)16-10-13(20)3-7-17(16)21/h3,6-10,14H,4-5,11H2,1-2H3. The van der Waals surface area contributed by atoms with Crippen LogP contribution in [-0.4, -0.2) is 31.1 Å².